The van der Waals surface area contributed by atoms with Gasteiger partial charge in [0, 0.05) is 6.54 Å². The van der Waals surface area contributed by atoms with Gasteiger partial charge in [-0.1, -0.05) is 0 Å². The highest BCUT2D eigenvalue weighted by Gasteiger charge is 1.56. The normalized spacial score (nSPS) is 5.00. The van der Waals surface area contributed by atoms with Crippen LogP contribution in [-0.2, 0) is 27.0 Å². The Bertz CT molecular complexity index is 13.5. The van der Waals surface area contributed by atoms with Crippen LogP contribution in [0, 0.1) is 0 Å². The molecule has 0 aromatic rings. The van der Waals surface area contributed by atoms with E-state index in [4.69, 9.17) is 10.8 Å². The van der Waals surface area contributed by atoms with E-state index in [1.807, 2.05) is 0 Å². The topological polar surface area (TPSA) is 46.2 Å². The van der Waals surface area contributed by atoms with Crippen molar-refractivity contribution in [3.05, 3.63) is 0 Å². The van der Waals surface area contributed by atoms with Gasteiger partial charge in [0.2, 0.25) is 0 Å². The number of hydrogen-bond acceptors (Lipinski definition) is 2. The van der Waals surface area contributed by atoms with Crippen LogP contribution in [-0.4, -0.2) is 18.3 Å². The largest absolute Gasteiger partial charge is 2.00 e. The van der Waals surface area contributed by atoms with Gasteiger partial charge < -0.3 is 24.3 Å². The minimum Gasteiger partial charge on any atom is -2.00 e. The van der Waals surface area contributed by atoms with E-state index in [-0.39, 0.29) is 33.6 Å². The zero-order chi connectivity index (χ0) is 3.41. The molecule has 0 bridgehead atoms. The number of aliphatic hydroxyl groups excluding tert-OH is 1. The van der Waals surface area contributed by atoms with Crippen LogP contribution in [0.15, 0.2) is 0 Å². The van der Waals surface area contributed by atoms with Gasteiger partial charge in [-0.2, -0.15) is 0 Å². The lowest BCUT2D eigenvalue weighted by molar-refractivity contribution is 0.306. The van der Waals surface area contributed by atoms with Crippen molar-refractivity contribution in [1.82, 2.24) is 0 Å². The van der Waals surface area contributed by atoms with Gasteiger partial charge in [-0.05, 0) is 0 Å². The molecule has 0 unspecified atom stereocenters. The van der Waals surface area contributed by atoms with Crippen molar-refractivity contribution in [3.63, 3.8) is 0 Å². The van der Waals surface area contributed by atoms with Crippen molar-refractivity contribution in [2.75, 3.05) is 13.2 Å². The molecule has 4 heteroatoms. The van der Waals surface area contributed by atoms with Crippen LogP contribution in [0.25, 0.3) is 0 Å². The molecule has 0 saturated heterocycles. The molecule has 0 heterocycles. The molecule has 0 radical (unpaired) electrons. The Balaban J connectivity index is -0.0000000450. The molecule has 0 aromatic carbocycles. The molecule has 0 fully saturated rings. The zero-order valence-corrected chi connectivity index (χ0v) is 5.78. The van der Waals surface area contributed by atoms with Crippen molar-refractivity contribution in [2.24, 2.45) is 5.73 Å². The third-order valence-corrected chi connectivity index (χ3v) is 0.129. The zero-order valence-electron chi connectivity index (χ0n) is 3.55. The van der Waals surface area contributed by atoms with Crippen LogP contribution < -0.4 is 5.73 Å². The predicted molar refractivity (Wildman–Crippen MR) is 36.5 cm³/mol. The molecule has 2 nitrogen and oxygen atoms in total. The molecule has 42 valence electrons. The Kier molecular flexibility index (Phi) is 46.5. The van der Waals surface area contributed by atoms with Gasteiger partial charge in [-0.25, -0.2) is 13.5 Å². The lowest BCUT2D eigenvalue weighted by Crippen LogP contribution is -2.02. The van der Waals surface area contributed by atoms with Gasteiger partial charge in [0.15, 0.2) is 0 Å². The summed E-state index contributed by atoms with van der Waals surface area (Å²) in [6.45, 7) is 0.472. The number of nitrogens with two attached hydrogens (primary N) is 1. The van der Waals surface area contributed by atoms with E-state index in [0.29, 0.717) is 6.54 Å². The SMILES string of the molecule is NCCO.[S-2].[SH4+2]. The summed E-state index contributed by atoms with van der Waals surface area (Å²) in [6, 6.07) is 0. The molecule has 0 aliphatic heterocycles. The van der Waals surface area contributed by atoms with Crippen LogP contribution in [0.4, 0.5) is 0 Å². The Morgan fingerprint density at radius 2 is 1.67 bits per heavy atom. The fourth-order valence-corrected chi connectivity index (χ4v) is 0. The molecule has 0 aliphatic carbocycles. The molecule has 0 rings (SSSR count). The second-order valence-electron chi connectivity index (χ2n) is 0.512. The second kappa shape index (κ2) is 17.5. The molecule has 3 N–H and O–H groups in total. The molecular formula is C2H11NOS2. The van der Waals surface area contributed by atoms with E-state index in [2.05, 4.69) is 0 Å². The van der Waals surface area contributed by atoms with E-state index in [9.17, 15) is 0 Å². The molecular weight excluding hydrogens is 118 g/mol. The summed E-state index contributed by atoms with van der Waals surface area (Å²) in [4.78, 5) is 0. The average molecular weight is 129 g/mol. The molecule has 6 heavy (non-hydrogen) atoms. The molecule has 0 atom stereocenters. The van der Waals surface area contributed by atoms with Crippen LogP contribution in [0.2, 0.25) is 0 Å². The van der Waals surface area contributed by atoms with Crippen LogP contribution >= 0.6 is 0 Å². The number of hydrogen-bond donors (Lipinski definition) is 2. The highest BCUT2D eigenvalue weighted by molar-refractivity contribution is 7.37. The van der Waals surface area contributed by atoms with Crippen LogP contribution in [0.5, 0.6) is 0 Å². The van der Waals surface area contributed by atoms with Crippen molar-refractivity contribution in [1.29, 1.82) is 0 Å². The second-order valence-corrected chi connectivity index (χ2v) is 0.512. The van der Waals surface area contributed by atoms with Gasteiger partial charge in [0.25, 0.3) is 0 Å². The molecule has 0 aliphatic rings. The first-order valence-corrected chi connectivity index (χ1v) is 1.22. The summed E-state index contributed by atoms with van der Waals surface area (Å²) in [5, 5.41) is 7.75. The highest BCUT2D eigenvalue weighted by atomic mass is 32.1. The smallest absolute Gasteiger partial charge is 0.0553 e. The van der Waals surface area contributed by atoms with Gasteiger partial charge in [-0.15, -0.1) is 0 Å². The first kappa shape index (κ1) is 16.0. The first-order chi connectivity index (χ1) is 1.91. The molecule has 0 saturated carbocycles. The summed E-state index contributed by atoms with van der Waals surface area (Å²) in [5.41, 5.74) is 4.78. The number of rotatable bonds is 1. The first-order valence-electron chi connectivity index (χ1n) is 1.22. The summed E-state index contributed by atoms with van der Waals surface area (Å²) in [7, 11) is 0. The van der Waals surface area contributed by atoms with E-state index in [1.165, 1.54) is 0 Å². The van der Waals surface area contributed by atoms with Crippen molar-refractivity contribution in [3.8, 4) is 0 Å². The third-order valence-electron chi connectivity index (χ3n) is 0.129. The fourth-order valence-electron chi connectivity index (χ4n) is 0. The lowest BCUT2D eigenvalue weighted by Gasteiger charge is -2.00. The highest BCUT2D eigenvalue weighted by Crippen LogP contribution is 1.33. The molecule has 0 amide bonds. The van der Waals surface area contributed by atoms with Crippen molar-refractivity contribution >= 4 is 27.0 Å². The maximum atomic E-state index is 7.75. The maximum Gasteiger partial charge on any atom is 0.0553 e. The van der Waals surface area contributed by atoms with Gasteiger partial charge in [0.1, 0.15) is 0 Å². The van der Waals surface area contributed by atoms with Gasteiger partial charge in [-0.3, -0.25) is 0 Å². The average Bonchev–Trinajstić information content (AvgIpc) is 1.37. The van der Waals surface area contributed by atoms with E-state index >= 15 is 0 Å². The summed E-state index contributed by atoms with van der Waals surface area (Å²) in [6.07, 6.45) is 0. The monoisotopic (exact) mass is 129 g/mol. The summed E-state index contributed by atoms with van der Waals surface area (Å²) < 4.78 is 0. The number of aliphatic hydroxyl groups is 1. The predicted octanol–water partition coefficient (Wildman–Crippen LogP) is -2.14. The van der Waals surface area contributed by atoms with E-state index in [0.717, 1.165) is 0 Å². The Morgan fingerprint density at radius 1 is 1.50 bits per heavy atom. The van der Waals surface area contributed by atoms with Crippen molar-refractivity contribution in [2.45, 2.75) is 0 Å². The van der Waals surface area contributed by atoms with E-state index in [1.54, 1.807) is 0 Å². The quantitative estimate of drug-likeness (QED) is 0.424. The fraction of sp³-hybridized carbons (Fsp3) is 1.00. The van der Waals surface area contributed by atoms with Gasteiger partial charge in [0.05, 0.1) is 6.61 Å². The van der Waals surface area contributed by atoms with E-state index < -0.39 is 0 Å². The standard InChI is InChI=1S/C2H7NO.H4S.S/c3-1-2-4;;/h4H,1-3H2;1H4;/q;+2;-2. The van der Waals surface area contributed by atoms with Gasteiger partial charge >= 0.3 is 0 Å². The Labute approximate surface area is 51.6 Å². The third kappa shape index (κ3) is 23.1. The summed E-state index contributed by atoms with van der Waals surface area (Å²) in [5.74, 6) is 0. The molecule has 0 aromatic heterocycles. The molecule has 0 spiro atoms. The maximum absolute atomic E-state index is 7.75. The summed E-state index contributed by atoms with van der Waals surface area (Å²) >= 11 is 0. The Morgan fingerprint density at radius 3 is 1.67 bits per heavy atom. The lowest BCUT2D eigenvalue weighted by atomic mass is 10.8. The van der Waals surface area contributed by atoms with Crippen LogP contribution in [0.1, 0.15) is 0 Å². The Hall–Kier alpha value is 0.620. The minimum atomic E-state index is 0. The van der Waals surface area contributed by atoms with Crippen LogP contribution in [0.3, 0.4) is 0 Å². The minimum absolute atomic E-state index is 0. The van der Waals surface area contributed by atoms with Crippen molar-refractivity contribution < 1.29 is 5.11 Å².